The van der Waals surface area contributed by atoms with E-state index in [9.17, 15) is 13.5 Å². The highest BCUT2D eigenvalue weighted by Gasteiger charge is 2.30. The maximum absolute atomic E-state index is 13.0. The molecular weight excluding hydrogens is 362 g/mol. The van der Waals surface area contributed by atoms with Crippen molar-refractivity contribution < 1.29 is 18.3 Å². The second-order valence-electron chi connectivity index (χ2n) is 6.42. The molecule has 3 aromatic rings. The molecule has 0 amide bonds. The maximum atomic E-state index is 13.0. The summed E-state index contributed by atoms with van der Waals surface area (Å²) in [5.41, 5.74) is 3.10. The molecule has 3 aromatic carbocycles. The van der Waals surface area contributed by atoms with E-state index in [0.717, 1.165) is 11.1 Å². The van der Waals surface area contributed by atoms with Crippen molar-refractivity contribution in [3.63, 3.8) is 0 Å². The molecule has 0 bridgehead atoms. The second-order valence-corrected chi connectivity index (χ2v) is 8.31. The van der Waals surface area contributed by atoms with Gasteiger partial charge in [0.2, 0.25) is 9.84 Å². The van der Waals surface area contributed by atoms with E-state index in [-0.39, 0.29) is 5.75 Å². The summed E-state index contributed by atoms with van der Waals surface area (Å²) in [4.78, 5) is 0.603. The van der Waals surface area contributed by atoms with Crippen LogP contribution in [0, 0.1) is 0 Å². The van der Waals surface area contributed by atoms with Crippen molar-refractivity contribution in [3.8, 4) is 11.5 Å². The highest BCUT2D eigenvalue weighted by molar-refractivity contribution is 7.92. The van der Waals surface area contributed by atoms with Gasteiger partial charge in [0.15, 0.2) is 11.5 Å². The average Bonchev–Trinajstić information content (AvgIpc) is 2.67. The van der Waals surface area contributed by atoms with Crippen LogP contribution < -0.4 is 10.1 Å². The summed E-state index contributed by atoms with van der Waals surface area (Å²) in [6, 6.07) is 17.6. The Kier molecular flexibility index (Phi) is 4.28. The molecule has 0 saturated heterocycles. The molecule has 27 heavy (non-hydrogen) atoms. The Bertz CT molecular complexity index is 1120. The summed E-state index contributed by atoms with van der Waals surface area (Å²) < 4.78 is 31.0. The zero-order chi connectivity index (χ0) is 19.0. The molecule has 4 rings (SSSR count). The van der Waals surface area contributed by atoms with Crippen LogP contribution in [-0.4, -0.2) is 20.6 Å². The number of ether oxygens (including phenoxy) is 1. The number of phenolic OH excluding ortho intramolecular Hbond substituents is 1. The number of rotatable bonds is 4. The molecule has 0 aliphatic carbocycles. The zero-order valence-corrected chi connectivity index (χ0v) is 15.6. The summed E-state index contributed by atoms with van der Waals surface area (Å²) in [6.07, 6.45) is 1.30. The normalized spacial score (nSPS) is 14.0. The number of hydrogen-bond donors (Lipinski definition) is 2. The molecule has 0 atom stereocenters. The van der Waals surface area contributed by atoms with Gasteiger partial charge in [-0.25, -0.2) is 8.42 Å². The quantitative estimate of drug-likeness (QED) is 0.557. The van der Waals surface area contributed by atoms with Crippen molar-refractivity contribution in [2.75, 3.05) is 12.4 Å². The molecule has 0 fully saturated rings. The van der Waals surface area contributed by atoms with Crippen molar-refractivity contribution in [1.29, 1.82) is 0 Å². The number of aryl methyl sites for hydroxylation is 2. The highest BCUT2D eigenvalue weighted by atomic mass is 32.2. The summed E-state index contributed by atoms with van der Waals surface area (Å²) in [5, 5.41) is 13.2. The lowest BCUT2D eigenvalue weighted by atomic mass is 10.0. The molecule has 2 N–H and O–H groups in total. The van der Waals surface area contributed by atoms with Crippen LogP contribution in [0.15, 0.2) is 70.5 Å². The third-order valence-electron chi connectivity index (χ3n) is 4.76. The van der Waals surface area contributed by atoms with Gasteiger partial charge in [-0.15, -0.1) is 0 Å². The van der Waals surface area contributed by atoms with Crippen molar-refractivity contribution in [1.82, 2.24) is 0 Å². The van der Waals surface area contributed by atoms with E-state index in [2.05, 4.69) is 5.32 Å². The van der Waals surface area contributed by atoms with Crippen LogP contribution in [0.2, 0.25) is 0 Å². The Balaban J connectivity index is 1.67. The third kappa shape index (κ3) is 3.02. The van der Waals surface area contributed by atoms with E-state index in [1.165, 1.54) is 7.11 Å². The van der Waals surface area contributed by atoms with E-state index >= 15 is 0 Å². The molecule has 5 nitrogen and oxygen atoms in total. The maximum Gasteiger partial charge on any atom is 0.210 e. The van der Waals surface area contributed by atoms with Gasteiger partial charge in [-0.05, 0) is 54.3 Å². The first-order valence-electron chi connectivity index (χ1n) is 8.59. The number of aromatic hydroxyl groups is 1. The molecule has 1 aliphatic rings. The molecule has 0 unspecified atom stereocenters. The molecule has 0 aromatic heterocycles. The summed E-state index contributed by atoms with van der Waals surface area (Å²) in [5.74, 6) is 0.528. The van der Waals surface area contributed by atoms with Crippen LogP contribution in [0.3, 0.4) is 0 Å². The minimum Gasteiger partial charge on any atom is -0.504 e. The highest BCUT2D eigenvalue weighted by Crippen LogP contribution is 2.41. The van der Waals surface area contributed by atoms with Gasteiger partial charge in [-0.2, -0.15) is 0 Å². The molecule has 138 valence electrons. The van der Waals surface area contributed by atoms with Gasteiger partial charge in [0, 0.05) is 0 Å². The monoisotopic (exact) mass is 381 g/mol. The minimum atomic E-state index is -3.54. The van der Waals surface area contributed by atoms with Crippen molar-refractivity contribution in [3.05, 3.63) is 71.8 Å². The first-order valence-corrected chi connectivity index (χ1v) is 10.1. The van der Waals surface area contributed by atoms with E-state index in [1.807, 2.05) is 18.2 Å². The number of phenols is 1. The number of hydrogen-bond acceptors (Lipinski definition) is 5. The van der Waals surface area contributed by atoms with Crippen LogP contribution in [0.4, 0.5) is 11.4 Å². The predicted octanol–water partition coefficient (Wildman–Crippen LogP) is 4.08. The molecule has 1 aliphatic heterocycles. The van der Waals surface area contributed by atoms with Crippen molar-refractivity contribution >= 4 is 21.2 Å². The van der Waals surface area contributed by atoms with Gasteiger partial charge >= 0.3 is 0 Å². The van der Waals surface area contributed by atoms with Gasteiger partial charge in [0.05, 0.1) is 28.3 Å². The fraction of sp³-hybridized carbons (Fsp3) is 0.143. The summed E-state index contributed by atoms with van der Waals surface area (Å²) in [6.45, 7) is 0. The van der Waals surface area contributed by atoms with Gasteiger partial charge in [-0.3, -0.25) is 0 Å². The Morgan fingerprint density at radius 3 is 2.52 bits per heavy atom. The van der Waals surface area contributed by atoms with E-state index in [1.54, 1.807) is 42.5 Å². The Hall–Kier alpha value is -2.99. The fourth-order valence-electron chi connectivity index (χ4n) is 3.38. The van der Waals surface area contributed by atoms with Crippen LogP contribution in [-0.2, 0) is 22.7 Å². The van der Waals surface area contributed by atoms with Gasteiger partial charge < -0.3 is 15.2 Å². The van der Waals surface area contributed by atoms with E-state index in [0.29, 0.717) is 39.8 Å². The number of sulfone groups is 1. The number of methoxy groups -OCH3 is 1. The fourth-order valence-corrected chi connectivity index (χ4v) is 4.99. The predicted molar refractivity (Wildman–Crippen MR) is 104 cm³/mol. The van der Waals surface area contributed by atoms with E-state index in [4.69, 9.17) is 4.74 Å². The standard InChI is InChI=1S/C21H19NO4S/c1-26-18-12-10-14(13-17(18)23)9-11-15-5-4-8-20-21(15)22-16-6-2-3-7-19(16)27(20,24)25/h2-8,10,12-13,22-23H,9,11H2,1H3. The summed E-state index contributed by atoms with van der Waals surface area (Å²) in [7, 11) is -2.03. The lowest BCUT2D eigenvalue weighted by molar-refractivity contribution is 0.373. The van der Waals surface area contributed by atoms with Crippen molar-refractivity contribution in [2.24, 2.45) is 0 Å². The van der Waals surface area contributed by atoms with Crippen LogP contribution in [0.1, 0.15) is 11.1 Å². The van der Waals surface area contributed by atoms with E-state index < -0.39 is 9.84 Å². The molecule has 0 saturated carbocycles. The largest absolute Gasteiger partial charge is 0.504 e. The number of para-hydroxylation sites is 2. The molecule has 0 spiro atoms. The van der Waals surface area contributed by atoms with Gasteiger partial charge in [0.1, 0.15) is 0 Å². The van der Waals surface area contributed by atoms with Crippen LogP contribution >= 0.6 is 0 Å². The Morgan fingerprint density at radius 1 is 0.963 bits per heavy atom. The first-order chi connectivity index (χ1) is 13.0. The third-order valence-corrected chi connectivity index (χ3v) is 6.62. The van der Waals surface area contributed by atoms with Gasteiger partial charge in [0.25, 0.3) is 0 Å². The molecular formula is C21H19NO4S. The topological polar surface area (TPSA) is 75.6 Å². The SMILES string of the molecule is COc1ccc(CCc2cccc3c2Nc2ccccc2S3(=O)=O)cc1O. The van der Waals surface area contributed by atoms with Crippen LogP contribution in [0.5, 0.6) is 11.5 Å². The smallest absolute Gasteiger partial charge is 0.210 e. The summed E-state index contributed by atoms with van der Waals surface area (Å²) >= 11 is 0. The lowest BCUT2D eigenvalue weighted by Gasteiger charge is -2.23. The molecule has 6 heteroatoms. The Labute approximate surface area is 158 Å². The number of fused-ring (bicyclic) bond motifs is 2. The van der Waals surface area contributed by atoms with Crippen LogP contribution in [0.25, 0.3) is 0 Å². The molecule has 1 heterocycles. The zero-order valence-electron chi connectivity index (χ0n) is 14.8. The Morgan fingerprint density at radius 2 is 1.74 bits per heavy atom. The minimum absolute atomic E-state index is 0.0970. The first kappa shape index (κ1) is 17.4. The molecule has 0 radical (unpaired) electrons. The van der Waals surface area contributed by atoms with Crippen molar-refractivity contribution in [2.45, 2.75) is 22.6 Å². The second kappa shape index (κ2) is 6.63. The lowest BCUT2D eigenvalue weighted by Crippen LogP contribution is -2.15. The average molecular weight is 381 g/mol. The number of anilines is 2. The van der Waals surface area contributed by atoms with Gasteiger partial charge in [-0.1, -0.05) is 30.3 Å². The number of nitrogens with one attached hydrogen (secondary N) is 1. The number of benzene rings is 3.